The molecular formula is C21H23N3O2S. The van der Waals surface area contributed by atoms with Gasteiger partial charge in [-0.3, -0.25) is 9.78 Å². The minimum Gasteiger partial charge on any atom is -0.457 e. The summed E-state index contributed by atoms with van der Waals surface area (Å²) in [5.74, 6) is 1.78. The number of anilines is 1. The van der Waals surface area contributed by atoms with Crippen LogP contribution in [-0.4, -0.2) is 15.9 Å². The van der Waals surface area contributed by atoms with Gasteiger partial charge in [0.1, 0.15) is 11.5 Å². The highest BCUT2D eigenvalue weighted by molar-refractivity contribution is 7.15. The van der Waals surface area contributed by atoms with E-state index < -0.39 is 0 Å². The Morgan fingerprint density at radius 2 is 1.89 bits per heavy atom. The van der Waals surface area contributed by atoms with Gasteiger partial charge < -0.3 is 10.1 Å². The molecule has 2 heterocycles. The zero-order valence-electron chi connectivity index (χ0n) is 15.7. The van der Waals surface area contributed by atoms with Gasteiger partial charge in [-0.25, -0.2) is 4.98 Å². The van der Waals surface area contributed by atoms with Gasteiger partial charge in [-0.1, -0.05) is 32.0 Å². The van der Waals surface area contributed by atoms with Crippen LogP contribution in [0.3, 0.4) is 0 Å². The lowest BCUT2D eigenvalue weighted by Gasteiger charge is -2.11. The van der Waals surface area contributed by atoms with Crippen LogP contribution >= 0.6 is 11.3 Å². The van der Waals surface area contributed by atoms with Crippen molar-refractivity contribution < 1.29 is 9.53 Å². The molecule has 3 aromatic rings. The predicted molar refractivity (Wildman–Crippen MR) is 108 cm³/mol. The van der Waals surface area contributed by atoms with E-state index in [9.17, 15) is 4.79 Å². The minimum absolute atomic E-state index is 0.135. The molecule has 0 bridgehead atoms. The molecule has 6 heteroatoms. The Kier molecular flexibility index (Phi) is 6.19. The Hall–Kier alpha value is -2.73. The molecular weight excluding hydrogens is 358 g/mol. The number of para-hydroxylation sites is 1. The van der Waals surface area contributed by atoms with Gasteiger partial charge in [0.15, 0.2) is 5.13 Å². The summed E-state index contributed by atoms with van der Waals surface area (Å²) in [4.78, 5) is 22.2. The topological polar surface area (TPSA) is 64.1 Å². The van der Waals surface area contributed by atoms with Crippen molar-refractivity contribution in [2.24, 2.45) is 5.92 Å². The molecule has 0 unspecified atom stereocenters. The molecule has 0 saturated heterocycles. The van der Waals surface area contributed by atoms with Gasteiger partial charge >= 0.3 is 0 Å². The third-order valence-corrected chi connectivity index (χ3v) is 4.54. The highest BCUT2D eigenvalue weighted by Crippen LogP contribution is 2.24. The number of amides is 1. The van der Waals surface area contributed by atoms with Gasteiger partial charge in [-0.15, -0.1) is 11.3 Å². The second-order valence-electron chi connectivity index (χ2n) is 6.80. The number of pyridine rings is 1. The van der Waals surface area contributed by atoms with E-state index in [0.29, 0.717) is 22.5 Å². The standard InChI is InChI=1S/C21H23N3O2S/c1-14(2)9-16-10-19(26-18-7-5-4-6-8-18)11-17(23-16)12-20(25)24-21-22-13-15(3)27-21/h4-8,10-11,13-14H,9,12H2,1-3H3,(H,22,24,25). The molecule has 1 amide bonds. The number of carbonyl (C=O) groups excluding carboxylic acids is 1. The Balaban J connectivity index is 1.77. The number of rotatable bonds is 7. The van der Waals surface area contributed by atoms with E-state index in [2.05, 4.69) is 29.1 Å². The molecule has 0 radical (unpaired) electrons. The molecule has 0 saturated carbocycles. The minimum atomic E-state index is -0.135. The fraction of sp³-hybridized carbons (Fsp3) is 0.286. The first-order valence-corrected chi connectivity index (χ1v) is 9.74. The van der Waals surface area contributed by atoms with E-state index in [4.69, 9.17) is 4.74 Å². The van der Waals surface area contributed by atoms with Crippen molar-refractivity contribution in [1.82, 2.24) is 9.97 Å². The van der Waals surface area contributed by atoms with Crippen molar-refractivity contribution >= 4 is 22.4 Å². The van der Waals surface area contributed by atoms with Crippen LogP contribution in [0.25, 0.3) is 0 Å². The van der Waals surface area contributed by atoms with Crippen LogP contribution in [0.1, 0.15) is 30.1 Å². The molecule has 0 aliphatic rings. The van der Waals surface area contributed by atoms with Crippen LogP contribution in [-0.2, 0) is 17.6 Å². The average molecular weight is 382 g/mol. The highest BCUT2D eigenvalue weighted by atomic mass is 32.1. The van der Waals surface area contributed by atoms with Gasteiger partial charge in [0.25, 0.3) is 0 Å². The van der Waals surface area contributed by atoms with Crippen molar-refractivity contribution in [3.63, 3.8) is 0 Å². The molecule has 0 aliphatic heterocycles. The van der Waals surface area contributed by atoms with E-state index in [1.54, 1.807) is 6.20 Å². The summed E-state index contributed by atoms with van der Waals surface area (Å²) in [5, 5.41) is 3.44. The Morgan fingerprint density at radius 1 is 1.15 bits per heavy atom. The largest absolute Gasteiger partial charge is 0.457 e. The maximum Gasteiger partial charge on any atom is 0.232 e. The second-order valence-corrected chi connectivity index (χ2v) is 8.03. The Labute approximate surface area is 163 Å². The molecule has 0 fully saturated rings. The van der Waals surface area contributed by atoms with Gasteiger partial charge in [-0.2, -0.15) is 0 Å². The van der Waals surface area contributed by atoms with Gasteiger partial charge in [0.05, 0.1) is 12.1 Å². The SMILES string of the molecule is Cc1cnc(NC(=O)Cc2cc(Oc3ccccc3)cc(CC(C)C)n2)s1. The number of carbonyl (C=O) groups is 1. The number of benzene rings is 1. The van der Waals surface area contributed by atoms with Crippen molar-refractivity contribution in [2.75, 3.05) is 5.32 Å². The number of thiazole rings is 1. The third kappa shape index (κ3) is 5.89. The monoisotopic (exact) mass is 381 g/mol. The highest BCUT2D eigenvalue weighted by Gasteiger charge is 2.12. The quantitative estimate of drug-likeness (QED) is 0.624. The molecule has 140 valence electrons. The van der Waals surface area contributed by atoms with E-state index >= 15 is 0 Å². The molecule has 2 aromatic heterocycles. The predicted octanol–water partition coefficient (Wildman–Crippen LogP) is 5.02. The van der Waals surface area contributed by atoms with E-state index in [1.807, 2.05) is 49.4 Å². The lowest BCUT2D eigenvalue weighted by atomic mass is 10.1. The lowest BCUT2D eigenvalue weighted by molar-refractivity contribution is -0.115. The lowest BCUT2D eigenvalue weighted by Crippen LogP contribution is -2.15. The molecule has 0 aliphatic carbocycles. The molecule has 3 rings (SSSR count). The molecule has 1 N–H and O–H groups in total. The molecule has 0 atom stereocenters. The summed E-state index contributed by atoms with van der Waals surface area (Å²) >= 11 is 1.45. The van der Waals surface area contributed by atoms with Crippen LogP contribution in [0.15, 0.2) is 48.7 Å². The normalized spacial score (nSPS) is 10.8. The summed E-state index contributed by atoms with van der Waals surface area (Å²) in [7, 11) is 0. The fourth-order valence-electron chi connectivity index (χ4n) is 2.66. The summed E-state index contributed by atoms with van der Waals surface area (Å²) in [6.07, 6.45) is 2.75. The summed E-state index contributed by atoms with van der Waals surface area (Å²) in [5.41, 5.74) is 1.61. The number of aromatic nitrogens is 2. The first-order valence-electron chi connectivity index (χ1n) is 8.93. The fourth-order valence-corrected chi connectivity index (χ4v) is 3.34. The zero-order chi connectivity index (χ0) is 19.2. The Bertz CT molecular complexity index is 907. The van der Waals surface area contributed by atoms with Crippen LogP contribution in [0, 0.1) is 12.8 Å². The first kappa shape index (κ1) is 19.0. The average Bonchev–Trinajstić information content (AvgIpc) is 2.99. The molecule has 0 spiro atoms. The van der Waals surface area contributed by atoms with Gasteiger partial charge in [0, 0.05) is 28.9 Å². The zero-order valence-corrected chi connectivity index (χ0v) is 16.5. The van der Waals surface area contributed by atoms with Gasteiger partial charge in [-0.05, 0) is 31.4 Å². The smallest absolute Gasteiger partial charge is 0.232 e. The Morgan fingerprint density at radius 3 is 2.56 bits per heavy atom. The van der Waals surface area contributed by atoms with E-state index in [0.717, 1.165) is 22.7 Å². The second kappa shape index (κ2) is 8.77. The first-order chi connectivity index (χ1) is 13.0. The summed E-state index contributed by atoms with van der Waals surface area (Å²) in [6.45, 7) is 6.24. The van der Waals surface area contributed by atoms with Crippen molar-refractivity contribution in [2.45, 2.75) is 33.6 Å². The number of nitrogens with one attached hydrogen (secondary N) is 1. The maximum atomic E-state index is 12.4. The van der Waals surface area contributed by atoms with Crippen LogP contribution in [0.4, 0.5) is 5.13 Å². The van der Waals surface area contributed by atoms with Crippen LogP contribution in [0.5, 0.6) is 11.5 Å². The molecule has 27 heavy (non-hydrogen) atoms. The molecule has 5 nitrogen and oxygen atoms in total. The number of ether oxygens (including phenoxy) is 1. The summed E-state index contributed by atoms with van der Waals surface area (Å²) < 4.78 is 5.96. The van der Waals surface area contributed by atoms with Crippen LogP contribution < -0.4 is 10.1 Å². The molecule has 1 aromatic carbocycles. The number of nitrogens with zero attached hydrogens (tertiary/aromatic N) is 2. The van der Waals surface area contributed by atoms with E-state index in [1.165, 1.54) is 11.3 Å². The van der Waals surface area contributed by atoms with Gasteiger partial charge in [0.2, 0.25) is 5.91 Å². The number of hydrogen-bond donors (Lipinski definition) is 1. The van der Waals surface area contributed by atoms with Crippen molar-refractivity contribution in [3.05, 3.63) is 64.9 Å². The van der Waals surface area contributed by atoms with E-state index in [-0.39, 0.29) is 12.3 Å². The third-order valence-electron chi connectivity index (χ3n) is 3.71. The van der Waals surface area contributed by atoms with Crippen LogP contribution in [0.2, 0.25) is 0 Å². The number of aryl methyl sites for hydroxylation is 1. The van der Waals surface area contributed by atoms with Crippen molar-refractivity contribution in [3.8, 4) is 11.5 Å². The maximum absolute atomic E-state index is 12.4. The van der Waals surface area contributed by atoms with Crippen molar-refractivity contribution in [1.29, 1.82) is 0 Å². The number of hydrogen-bond acceptors (Lipinski definition) is 5. The summed E-state index contributed by atoms with van der Waals surface area (Å²) in [6, 6.07) is 13.4.